The fourth-order valence-corrected chi connectivity index (χ4v) is 3.10. The van der Waals surface area contributed by atoms with Crippen molar-refractivity contribution in [1.82, 2.24) is 10.0 Å². The van der Waals surface area contributed by atoms with Crippen molar-refractivity contribution in [3.05, 3.63) is 30.1 Å². The number of halogens is 2. The lowest BCUT2D eigenvalue weighted by Gasteiger charge is -2.10. The molecule has 108 valence electrons. The SMILES string of the molecule is Cl.O=S(=O)(NCCC1CCNC1)c1ccc(F)cc1. The van der Waals surface area contributed by atoms with Crippen LogP contribution in [0.4, 0.5) is 4.39 Å². The van der Waals surface area contributed by atoms with E-state index in [9.17, 15) is 12.8 Å². The quantitative estimate of drug-likeness (QED) is 0.867. The molecule has 1 saturated heterocycles. The lowest BCUT2D eigenvalue weighted by Crippen LogP contribution is -2.26. The van der Waals surface area contributed by atoms with Gasteiger partial charge in [-0.1, -0.05) is 0 Å². The lowest BCUT2D eigenvalue weighted by atomic mass is 10.1. The number of hydrogen-bond acceptors (Lipinski definition) is 3. The molecule has 4 nitrogen and oxygen atoms in total. The molecular formula is C12H18ClFN2O2S. The van der Waals surface area contributed by atoms with Crippen LogP contribution in [0.5, 0.6) is 0 Å². The predicted octanol–water partition coefficient (Wildman–Crippen LogP) is 1.53. The van der Waals surface area contributed by atoms with Crippen molar-refractivity contribution in [2.24, 2.45) is 5.92 Å². The third-order valence-electron chi connectivity index (χ3n) is 3.13. The minimum atomic E-state index is -3.51. The Hall–Kier alpha value is -0.690. The van der Waals surface area contributed by atoms with Crippen LogP contribution in [-0.4, -0.2) is 28.1 Å². The minimum Gasteiger partial charge on any atom is -0.316 e. The first kappa shape index (κ1) is 16.4. The zero-order chi connectivity index (χ0) is 13.0. The van der Waals surface area contributed by atoms with Crippen LogP contribution in [-0.2, 0) is 10.0 Å². The highest BCUT2D eigenvalue weighted by atomic mass is 35.5. The van der Waals surface area contributed by atoms with Gasteiger partial charge in [-0.3, -0.25) is 0 Å². The molecule has 1 aliphatic rings. The van der Waals surface area contributed by atoms with Crippen LogP contribution in [0.25, 0.3) is 0 Å². The summed E-state index contributed by atoms with van der Waals surface area (Å²) >= 11 is 0. The maximum absolute atomic E-state index is 12.7. The molecule has 1 aromatic carbocycles. The first-order chi connectivity index (χ1) is 8.58. The monoisotopic (exact) mass is 308 g/mol. The Morgan fingerprint density at radius 2 is 2.00 bits per heavy atom. The van der Waals surface area contributed by atoms with E-state index in [2.05, 4.69) is 10.0 Å². The Balaban J connectivity index is 0.00000180. The van der Waals surface area contributed by atoms with Crippen molar-refractivity contribution < 1.29 is 12.8 Å². The van der Waals surface area contributed by atoms with Gasteiger partial charge in [-0.05, 0) is 56.1 Å². The Morgan fingerprint density at radius 1 is 1.32 bits per heavy atom. The second-order valence-corrected chi connectivity index (χ2v) is 6.27. The van der Waals surface area contributed by atoms with Gasteiger partial charge < -0.3 is 5.32 Å². The summed E-state index contributed by atoms with van der Waals surface area (Å²) in [6.07, 6.45) is 1.92. The molecule has 2 N–H and O–H groups in total. The van der Waals surface area contributed by atoms with Gasteiger partial charge in [0.1, 0.15) is 5.82 Å². The molecule has 0 spiro atoms. The molecule has 1 fully saturated rings. The molecule has 1 aliphatic heterocycles. The van der Waals surface area contributed by atoms with E-state index in [1.54, 1.807) is 0 Å². The fraction of sp³-hybridized carbons (Fsp3) is 0.500. The maximum atomic E-state index is 12.7. The van der Waals surface area contributed by atoms with Gasteiger partial charge in [0, 0.05) is 6.54 Å². The van der Waals surface area contributed by atoms with Crippen molar-refractivity contribution in [2.45, 2.75) is 17.7 Å². The van der Waals surface area contributed by atoms with E-state index in [0.29, 0.717) is 12.5 Å². The standard InChI is InChI=1S/C12H17FN2O2S.ClH/c13-11-1-3-12(4-2-11)18(16,17)15-8-6-10-5-7-14-9-10;/h1-4,10,14-15H,5-9H2;1H. The largest absolute Gasteiger partial charge is 0.316 e. The van der Waals surface area contributed by atoms with E-state index in [-0.39, 0.29) is 17.3 Å². The molecule has 0 aromatic heterocycles. The third kappa shape index (κ3) is 4.72. The highest BCUT2D eigenvalue weighted by molar-refractivity contribution is 7.89. The molecular weight excluding hydrogens is 291 g/mol. The topological polar surface area (TPSA) is 58.2 Å². The van der Waals surface area contributed by atoms with Gasteiger partial charge >= 0.3 is 0 Å². The number of nitrogens with one attached hydrogen (secondary N) is 2. The summed E-state index contributed by atoms with van der Waals surface area (Å²) in [7, 11) is -3.51. The normalized spacial score (nSPS) is 19.1. The molecule has 1 unspecified atom stereocenters. The Bertz CT molecular complexity index is 487. The van der Waals surface area contributed by atoms with Crippen LogP contribution in [0.1, 0.15) is 12.8 Å². The summed E-state index contributed by atoms with van der Waals surface area (Å²) < 4.78 is 39.0. The Labute approximate surface area is 119 Å². The van der Waals surface area contributed by atoms with Crippen molar-refractivity contribution in [3.63, 3.8) is 0 Å². The second kappa shape index (κ2) is 7.19. The number of benzene rings is 1. The Morgan fingerprint density at radius 3 is 2.58 bits per heavy atom. The van der Waals surface area contributed by atoms with Gasteiger partial charge in [-0.25, -0.2) is 17.5 Å². The summed E-state index contributed by atoms with van der Waals surface area (Å²) in [5, 5.41) is 3.24. The van der Waals surface area contributed by atoms with Gasteiger partial charge in [-0.2, -0.15) is 0 Å². The van der Waals surface area contributed by atoms with Crippen LogP contribution in [0.3, 0.4) is 0 Å². The van der Waals surface area contributed by atoms with Crippen LogP contribution >= 0.6 is 12.4 Å². The first-order valence-electron chi connectivity index (χ1n) is 6.04. The molecule has 19 heavy (non-hydrogen) atoms. The third-order valence-corrected chi connectivity index (χ3v) is 4.61. The molecule has 1 heterocycles. The first-order valence-corrected chi connectivity index (χ1v) is 7.52. The van der Waals surface area contributed by atoms with Crippen molar-refractivity contribution in [3.8, 4) is 0 Å². The van der Waals surface area contributed by atoms with Crippen LogP contribution in [0.2, 0.25) is 0 Å². The summed E-state index contributed by atoms with van der Waals surface area (Å²) in [6, 6.07) is 4.84. The molecule has 0 amide bonds. The molecule has 2 rings (SSSR count). The Kier molecular flexibility index (Phi) is 6.19. The molecule has 7 heteroatoms. The average molecular weight is 309 g/mol. The number of sulfonamides is 1. The van der Waals surface area contributed by atoms with E-state index in [0.717, 1.165) is 38.1 Å². The summed E-state index contributed by atoms with van der Waals surface area (Å²) in [6.45, 7) is 2.39. The number of hydrogen-bond donors (Lipinski definition) is 2. The maximum Gasteiger partial charge on any atom is 0.240 e. The van der Waals surface area contributed by atoms with Gasteiger partial charge in [0.15, 0.2) is 0 Å². The van der Waals surface area contributed by atoms with E-state index in [1.807, 2.05) is 0 Å². The van der Waals surface area contributed by atoms with Gasteiger partial charge in [0.05, 0.1) is 4.90 Å². The van der Waals surface area contributed by atoms with Crippen LogP contribution < -0.4 is 10.0 Å². The summed E-state index contributed by atoms with van der Waals surface area (Å²) in [5.74, 6) is 0.104. The fourth-order valence-electron chi connectivity index (χ4n) is 2.06. The molecule has 0 bridgehead atoms. The van der Waals surface area contributed by atoms with Gasteiger partial charge in [-0.15, -0.1) is 12.4 Å². The molecule has 0 radical (unpaired) electrons. The second-order valence-electron chi connectivity index (χ2n) is 4.50. The highest BCUT2D eigenvalue weighted by Gasteiger charge is 2.17. The number of rotatable bonds is 5. The van der Waals surface area contributed by atoms with Crippen molar-refractivity contribution in [1.29, 1.82) is 0 Å². The van der Waals surface area contributed by atoms with Crippen molar-refractivity contribution >= 4 is 22.4 Å². The van der Waals surface area contributed by atoms with E-state index >= 15 is 0 Å². The van der Waals surface area contributed by atoms with E-state index < -0.39 is 15.8 Å². The van der Waals surface area contributed by atoms with E-state index in [1.165, 1.54) is 12.1 Å². The summed E-state index contributed by atoms with van der Waals surface area (Å²) in [4.78, 5) is 0.105. The van der Waals surface area contributed by atoms with E-state index in [4.69, 9.17) is 0 Å². The molecule has 1 atom stereocenters. The smallest absolute Gasteiger partial charge is 0.240 e. The minimum absolute atomic E-state index is 0. The van der Waals surface area contributed by atoms with Crippen LogP contribution in [0, 0.1) is 11.7 Å². The zero-order valence-electron chi connectivity index (χ0n) is 10.4. The predicted molar refractivity (Wildman–Crippen MR) is 74.4 cm³/mol. The zero-order valence-corrected chi connectivity index (χ0v) is 12.1. The van der Waals surface area contributed by atoms with Crippen LogP contribution in [0.15, 0.2) is 29.2 Å². The van der Waals surface area contributed by atoms with Gasteiger partial charge in [0.2, 0.25) is 10.0 Å². The molecule has 1 aromatic rings. The van der Waals surface area contributed by atoms with Gasteiger partial charge in [0.25, 0.3) is 0 Å². The highest BCUT2D eigenvalue weighted by Crippen LogP contribution is 2.13. The summed E-state index contributed by atoms with van der Waals surface area (Å²) in [5.41, 5.74) is 0. The van der Waals surface area contributed by atoms with Crippen molar-refractivity contribution in [2.75, 3.05) is 19.6 Å². The lowest BCUT2D eigenvalue weighted by molar-refractivity contribution is 0.519. The molecule has 0 aliphatic carbocycles. The average Bonchev–Trinajstić information content (AvgIpc) is 2.82. The molecule has 0 saturated carbocycles.